The van der Waals surface area contributed by atoms with E-state index in [0.29, 0.717) is 0 Å². The second-order valence-electron chi connectivity index (χ2n) is 3.77. The van der Waals surface area contributed by atoms with Gasteiger partial charge in [-0.05, 0) is 6.42 Å². The van der Waals surface area contributed by atoms with Gasteiger partial charge < -0.3 is 0 Å². The minimum absolute atomic E-state index is 0.878. The van der Waals surface area contributed by atoms with Crippen LogP contribution in [0.25, 0.3) is 0 Å². The third-order valence-corrected chi connectivity index (χ3v) is 2.42. The van der Waals surface area contributed by atoms with E-state index in [9.17, 15) is 0 Å². The van der Waals surface area contributed by atoms with Crippen molar-refractivity contribution < 1.29 is 4.57 Å². The van der Waals surface area contributed by atoms with Crippen molar-refractivity contribution >= 4 is 0 Å². The average Bonchev–Trinajstić information content (AvgIpc) is 2.59. The van der Waals surface area contributed by atoms with Gasteiger partial charge in [-0.2, -0.15) is 0 Å². The maximum Gasteiger partial charge on any atom is 0.244 e. The molecule has 0 bridgehead atoms. The summed E-state index contributed by atoms with van der Waals surface area (Å²) in [6, 6.07) is 0. The molecule has 1 heterocycles. The zero-order valence-electron chi connectivity index (χ0n) is 9.65. The Labute approximate surface area is 92.6 Å². The van der Waals surface area contributed by atoms with Crippen LogP contribution in [-0.4, -0.2) is 4.57 Å². The highest BCUT2D eigenvalue weighted by atomic mass is 15.1. The second kappa shape index (κ2) is 6.23. The van der Waals surface area contributed by atoms with Gasteiger partial charge in [0.05, 0.1) is 0 Å². The summed E-state index contributed by atoms with van der Waals surface area (Å²) in [6.07, 6.45) is 11.8. The van der Waals surface area contributed by atoms with E-state index >= 15 is 0 Å². The van der Waals surface area contributed by atoms with Crippen molar-refractivity contribution in [2.45, 2.75) is 39.3 Å². The molecule has 15 heavy (non-hydrogen) atoms. The summed E-state index contributed by atoms with van der Waals surface area (Å²) >= 11 is 0. The van der Waals surface area contributed by atoms with E-state index in [1.807, 2.05) is 12.2 Å². The van der Waals surface area contributed by atoms with Gasteiger partial charge in [0.2, 0.25) is 6.33 Å². The predicted molar refractivity (Wildman–Crippen MR) is 63.6 cm³/mol. The van der Waals surface area contributed by atoms with E-state index in [4.69, 9.17) is 0 Å². The molecule has 0 radical (unpaired) electrons. The molecule has 0 aliphatic carbocycles. The molecule has 0 unspecified atom stereocenters. The van der Waals surface area contributed by atoms with Crippen LogP contribution in [0.2, 0.25) is 0 Å². The third-order valence-electron chi connectivity index (χ3n) is 2.42. The summed E-state index contributed by atoms with van der Waals surface area (Å²) in [7, 11) is 0. The molecule has 0 aliphatic heterocycles. The number of unbranched alkanes of at least 4 members (excludes halogenated alkanes) is 1. The minimum Gasteiger partial charge on any atom is -0.233 e. The molecule has 2 nitrogen and oxygen atoms in total. The van der Waals surface area contributed by atoms with Crippen LogP contribution in [0.1, 0.15) is 25.5 Å². The van der Waals surface area contributed by atoms with Crippen LogP contribution < -0.4 is 4.57 Å². The van der Waals surface area contributed by atoms with E-state index in [1.165, 1.54) is 18.5 Å². The van der Waals surface area contributed by atoms with E-state index in [2.05, 4.69) is 41.7 Å². The van der Waals surface area contributed by atoms with Gasteiger partial charge >= 0.3 is 0 Å². The van der Waals surface area contributed by atoms with Crippen molar-refractivity contribution in [2.75, 3.05) is 0 Å². The van der Waals surface area contributed by atoms with Crippen LogP contribution in [-0.2, 0) is 19.5 Å². The zero-order chi connectivity index (χ0) is 11.1. The van der Waals surface area contributed by atoms with Crippen LogP contribution in [0.4, 0.5) is 0 Å². The Hall–Kier alpha value is -1.31. The third kappa shape index (κ3) is 3.39. The maximum absolute atomic E-state index is 3.78. The molecule has 1 aromatic heterocycles. The molecule has 0 atom stereocenters. The van der Waals surface area contributed by atoms with Gasteiger partial charge in [-0.3, -0.25) is 0 Å². The van der Waals surface area contributed by atoms with Gasteiger partial charge in [-0.15, -0.1) is 0 Å². The highest BCUT2D eigenvalue weighted by Crippen LogP contribution is 2.04. The molecule has 0 N–H and O–H groups in total. The predicted octanol–water partition coefficient (Wildman–Crippen LogP) is 2.49. The number of aromatic nitrogens is 2. The molecule has 0 fully saturated rings. The minimum atomic E-state index is 0.878. The van der Waals surface area contributed by atoms with E-state index in [0.717, 1.165) is 19.5 Å². The largest absolute Gasteiger partial charge is 0.244 e. The Morgan fingerprint density at radius 3 is 2.80 bits per heavy atom. The Morgan fingerprint density at radius 2 is 2.20 bits per heavy atom. The average molecular weight is 205 g/mol. The Kier molecular flexibility index (Phi) is 4.88. The molecule has 0 saturated heterocycles. The number of hydrogen-bond donors (Lipinski definition) is 0. The second-order valence-corrected chi connectivity index (χ2v) is 3.77. The standard InChI is InChI=1S/C13H21N2/c1-4-7-8-13-11-14(9-5-2)12-15(13)10-6-3/h5-6,11-12H,2-4,7-10H2,1H3/q+1. The number of aryl methyl sites for hydroxylation is 1. The number of rotatable bonds is 7. The molecular formula is C13H21N2+. The SMILES string of the molecule is C=CCn1c[n+](CC=C)cc1CCCC. The smallest absolute Gasteiger partial charge is 0.233 e. The molecule has 2 heteroatoms. The van der Waals surface area contributed by atoms with Gasteiger partial charge in [0.1, 0.15) is 25.0 Å². The van der Waals surface area contributed by atoms with Crippen molar-refractivity contribution in [3.63, 3.8) is 0 Å². The molecule has 1 rings (SSSR count). The first-order valence-electron chi connectivity index (χ1n) is 5.61. The normalized spacial score (nSPS) is 10.2. The summed E-state index contributed by atoms with van der Waals surface area (Å²) in [5.41, 5.74) is 1.39. The lowest BCUT2D eigenvalue weighted by atomic mass is 10.2. The molecule has 82 valence electrons. The van der Waals surface area contributed by atoms with Crippen molar-refractivity contribution in [2.24, 2.45) is 0 Å². The van der Waals surface area contributed by atoms with Crippen LogP contribution in [0.15, 0.2) is 37.8 Å². The van der Waals surface area contributed by atoms with Crippen LogP contribution in [0.3, 0.4) is 0 Å². The Morgan fingerprint density at radius 1 is 1.40 bits per heavy atom. The first-order chi connectivity index (χ1) is 7.31. The lowest BCUT2D eigenvalue weighted by molar-refractivity contribution is -0.686. The van der Waals surface area contributed by atoms with Gasteiger partial charge in [-0.1, -0.05) is 38.7 Å². The number of allylic oxidation sites excluding steroid dienone is 2. The van der Waals surface area contributed by atoms with Gasteiger partial charge in [0.25, 0.3) is 0 Å². The monoisotopic (exact) mass is 205 g/mol. The summed E-state index contributed by atoms with van der Waals surface area (Å²) in [6.45, 7) is 11.5. The first kappa shape index (κ1) is 11.8. The van der Waals surface area contributed by atoms with E-state index < -0.39 is 0 Å². The summed E-state index contributed by atoms with van der Waals surface area (Å²) < 4.78 is 4.42. The summed E-state index contributed by atoms with van der Waals surface area (Å²) in [5.74, 6) is 0. The molecule has 0 saturated carbocycles. The quantitative estimate of drug-likeness (QED) is 0.478. The lowest BCUT2D eigenvalue weighted by Gasteiger charge is -1.96. The fourth-order valence-corrected chi connectivity index (χ4v) is 1.67. The summed E-state index contributed by atoms with van der Waals surface area (Å²) in [4.78, 5) is 0. The summed E-state index contributed by atoms with van der Waals surface area (Å²) in [5, 5.41) is 0. The molecule has 1 aromatic rings. The number of hydrogen-bond acceptors (Lipinski definition) is 0. The van der Waals surface area contributed by atoms with Gasteiger partial charge in [0.15, 0.2) is 0 Å². The first-order valence-corrected chi connectivity index (χ1v) is 5.61. The van der Waals surface area contributed by atoms with Gasteiger partial charge in [-0.25, -0.2) is 9.13 Å². The van der Waals surface area contributed by atoms with Crippen LogP contribution in [0.5, 0.6) is 0 Å². The molecule has 0 aliphatic rings. The molecule has 0 spiro atoms. The fourth-order valence-electron chi connectivity index (χ4n) is 1.67. The zero-order valence-corrected chi connectivity index (χ0v) is 9.65. The Bertz CT molecular complexity index is 323. The maximum atomic E-state index is 3.78. The highest BCUT2D eigenvalue weighted by Gasteiger charge is 2.10. The molecular weight excluding hydrogens is 184 g/mol. The molecule has 0 aromatic carbocycles. The highest BCUT2D eigenvalue weighted by molar-refractivity contribution is 4.96. The topological polar surface area (TPSA) is 8.81 Å². The fraction of sp³-hybridized carbons (Fsp3) is 0.462. The van der Waals surface area contributed by atoms with Gasteiger partial charge in [0, 0.05) is 6.42 Å². The Balaban J connectivity index is 2.78. The van der Waals surface area contributed by atoms with Crippen LogP contribution >= 0.6 is 0 Å². The van der Waals surface area contributed by atoms with E-state index in [1.54, 1.807) is 0 Å². The lowest BCUT2D eigenvalue weighted by Crippen LogP contribution is -2.29. The van der Waals surface area contributed by atoms with Crippen molar-refractivity contribution in [1.29, 1.82) is 0 Å². The van der Waals surface area contributed by atoms with E-state index in [-0.39, 0.29) is 0 Å². The molecule has 0 amide bonds. The van der Waals surface area contributed by atoms with Crippen molar-refractivity contribution in [3.8, 4) is 0 Å². The number of nitrogens with zero attached hydrogens (tertiary/aromatic N) is 2. The van der Waals surface area contributed by atoms with Crippen LogP contribution in [0, 0.1) is 0 Å². The van der Waals surface area contributed by atoms with Crippen molar-refractivity contribution in [3.05, 3.63) is 43.5 Å². The van der Waals surface area contributed by atoms with Crippen molar-refractivity contribution in [1.82, 2.24) is 4.57 Å². The number of imidazole rings is 1.